The zero-order chi connectivity index (χ0) is 17.4. The Kier molecular flexibility index (Phi) is 6.14. The van der Waals surface area contributed by atoms with Gasteiger partial charge in [-0.25, -0.2) is 5.43 Å². The lowest BCUT2D eigenvalue weighted by Gasteiger charge is -2.11. The van der Waals surface area contributed by atoms with Crippen LogP contribution in [-0.4, -0.2) is 26.2 Å². The van der Waals surface area contributed by atoms with Crippen LogP contribution in [0.25, 0.3) is 6.08 Å². The molecule has 0 unspecified atom stereocenters. The van der Waals surface area contributed by atoms with Crippen molar-refractivity contribution in [3.8, 4) is 0 Å². The zero-order valence-corrected chi connectivity index (χ0v) is 13.9. The molecule has 1 amide bonds. The molecule has 2 aromatic carbocycles. The van der Waals surface area contributed by atoms with Gasteiger partial charge in [0.05, 0.1) is 0 Å². The maximum absolute atomic E-state index is 11.8. The van der Waals surface area contributed by atoms with Crippen LogP contribution in [0, 0.1) is 0 Å². The lowest BCUT2D eigenvalue weighted by molar-refractivity contribution is 0.0955. The first-order valence-corrected chi connectivity index (χ1v) is 7.67. The Hall–Kier alpha value is -3.08. The molecule has 0 saturated carbocycles. The number of carbonyl (C=O) groups is 1. The summed E-state index contributed by atoms with van der Waals surface area (Å²) in [5, 5.41) is 3.92. The SMILES string of the molecule is CN(C)c1ccc(/C=C/C/C=N/NC(=O)c2ccc(N)cc2)cc1. The number of benzene rings is 2. The van der Waals surface area contributed by atoms with Crippen LogP contribution in [0.2, 0.25) is 0 Å². The number of carbonyl (C=O) groups excluding carboxylic acids is 1. The Morgan fingerprint density at radius 2 is 1.79 bits per heavy atom. The maximum atomic E-state index is 11.8. The van der Waals surface area contributed by atoms with E-state index in [2.05, 4.69) is 39.7 Å². The summed E-state index contributed by atoms with van der Waals surface area (Å²) in [5.41, 5.74) is 11.5. The largest absolute Gasteiger partial charge is 0.399 e. The molecule has 0 aliphatic rings. The second kappa shape index (κ2) is 8.53. The van der Waals surface area contributed by atoms with E-state index in [1.165, 1.54) is 5.69 Å². The van der Waals surface area contributed by atoms with E-state index in [9.17, 15) is 4.79 Å². The molecule has 0 bridgehead atoms. The van der Waals surface area contributed by atoms with Gasteiger partial charge in [0.2, 0.25) is 0 Å². The van der Waals surface area contributed by atoms with E-state index in [4.69, 9.17) is 5.73 Å². The first kappa shape index (κ1) is 17.3. The van der Waals surface area contributed by atoms with Crippen LogP contribution >= 0.6 is 0 Å². The standard InChI is InChI=1S/C19H22N4O/c1-23(2)18-12-6-15(7-13-18)5-3-4-14-21-22-19(24)16-8-10-17(20)11-9-16/h3,5-14H,4,20H2,1-2H3,(H,22,24)/b5-3+,21-14+. The number of hydrogen-bond donors (Lipinski definition) is 2. The second-order valence-electron chi connectivity index (χ2n) is 5.50. The molecule has 2 rings (SSSR count). The molecular formula is C19H22N4O. The van der Waals surface area contributed by atoms with Crippen LogP contribution in [0.3, 0.4) is 0 Å². The van der Waals surface area contributed by atoms with Gasteiger partial charge in [-0.1, -0.05) is 24.3 Å². The molecule has 0 heterocycles. The molecule has 5 nitrogen and oxygen atoms in total. The van der Waals surface area contributed by atoms with E-state index < -0.39 is 0 Å². The fourth-order valence-corrected chi connectivity index (χ4v) is 2.00. The monoisotopic (exact) mass is 322 g/mol. The van der Waals surface area contributed by atoms with Gasteiger partial charge in [-0.15, -0.1) is 0 Å². The van der Waals surface area contributed by atoms with Crippen molar-refractivity contribution in [1.29, 1.82) is 0 Å². The molecule has 2 aromatic rings. The Morgan fingerprint density at radius 3 is 2.42 bits per heavy atom. The lowest BCUT2D eigenvalue weighted by atomic mass is 10.2. The predicted molar refractivity (Wildman–Crippen MR) is 101 cm³/mol. The lowest BCUT2D eigenvalue weighted by Crippen LogP contribution is -2.17. The Bertz CT molecular complexity index is 716. The summed E-state index contributed by atoms with van der Waals surface area (Å²) in [6.07, 6.45) is 6.30. The molecule has 0 fully saturated rings. The average molecular weight is 322 g/mol. The van der Waals surface area contributed by atoms with E-state index in [1.54, 1.807) is 30.5 Å². The number of amides is 1. The molecule has 124 valence electrons. The molecule has 0 aliphatic heterocycles. The van der Waals surface area contributed by atoms with Crippen LogP contribution in [0.1, 0.15) is 22.3 Å². The van der Waals surface area contributed by atoms with Crippen LogP contribution in [0.5, 0.6) is 0 Å². The molecule has 0 saturated heterocycles. The van der Waals surface area contributed by atoms with Crippen molar-refractivity contribution in [1.82, 2.24) is 5.43 Å². The van der Waals surface area contributed by atoms with Crippen LogP contribution in [0.15, 0.2) is 59.7 Å². The molecule has 0 aromatic heterocycles. The number of rotatable bonds is 6. The van der Waals surface area contributed by atoms with Gasteiger partial charge >= 0.3 is 0 Å². The third-order valence-corrected chi connectivity index (χ3v) is 3.39. The Balaban J connectivity index is 1.77. The van der Waals surface area contributed by atoms with Crippen molar-refractivity contribution in [2.45, 2.75) is 6.42 Å². The van der Waals surface area contributed by atoms with Crippen molar-refractivity contribution < 1.29 is 4.79 Å². The minimum absolute atomic E-state index is 0.255. The van der Waals surface area contributed by atoms with Crippen LogP contribution < -0.4 is 16.1 Å². The van der Waals surface area contributed by atoms with E-state index >= 15 is 0 Å². The fourth-order valence-electron chi connectivity index (χ4n) is 2.00. The Labute approximate surface area is 142 Å². The topological polar surface area (TPSA) is 70.7 Å². The normalized spacial score (nSPS) is 11.1. The highest BCUT2D eigenvalue weighted by molar-refractivity contribution is 5.94. The zero-order valence-electron chi connectivity index (χ0n) is 13.9. The highest BCUT2D eigenvalue weighted by Crippen LogP contribution is 2.13. The van der Waals surface area contributed by atoms with Crippen molar-refractivity contribution in [3.63, 3.8) is 0 Å². The molecule has 24 heavy (non-hydrogen) atoms. The minimum atomic E-state index is -0.255. The van der Waals surface area contributed by atoms with E-state index in [0.29, 0.717) is 17.7 Å². The summed E-state index contributed by atoms with van der Waals surface area (Å²) in [6.45, 7) is 0. The number of nitrogens with two attached hydrogens (primary N) is 1. The van der Waals surface area contributed by atoms with Crippen molar-refractivity contribution in [2.75, 3.05) is 24.7 Å². The molecule has 0 aliphatic carbocycles. The number of hydrogen-bond acceptors (Lipinski definition) is 4. The van der Waals surface area contributed by atoms with Crippen molar-refractivity contribution >= 4 is 29.6 Å². The smallest absolute Gasteiger partial charge is 0.271 e. The van der Waals surface area contributed by atoms with Crippen molar-refractivity contribution in [3.05, 3.63) is 65.7 Å². The average Bonchev–Trinajstić information content (AvgIpc) is 2.58. The van der Waals surface area contributed by atoms with Gasteiger partial charge < -0.3 is 10.6 Å². The van der Waals surface area contributed by atoms with Gasteiger partial charge in [-0.3, -0.25) is 4.79 Å². The highest BCUT2D eigenvalue weighted by atomic mass is 16.2. The summed E-state index contributed by atoms with van der Waals surface area (Å²) < 4.78 is 0. The predicted octanol–water partition coefficient (Wildman–Crippen LogP) is 3.15. The van der Waals surface area contributed by atoms with Crippen LogP contribution in [-0.2, 0) is 0 Å². The van der Waals surface area contributed by atoms with E-state index in [-0.39, 0.29) is 5.91 Å². The highest BCUT2D eigenvalue weighted by Gasteiger charge is 2.02. The molecule has 3 N–H and O–H groups in total. The third-order valence-electron chi connectivity index (χ3n) is 3.39. The molecule has 0 atom stereocenters. The summed E-state index contributed by atoms with van der Waals surface area (Å²) in [5.74, 6) is -0.255. The number of allylic oxidation sites excluding steroid dienone is 1. The molecular weight excluding hydrogens is 300 g/mol. The van der Waals surface area contributed by atoms with E-state index in [0.717, 1.165) is 5.56 Å². The first-order chi connectivity index (χ1) is 11.6. The number of anilines is 2. The molecule has 0 radical (unpaired) electrons. The maximum Gasteiger partial charge on any atom is 0.271 e. The summed E-state index contributed by atoms with van der Waals surface area (Å²) >= 11 is 0. The third kappa shape index (κ3) is 5.28. The summed E-state index contributed by atoms with van der Waals surface area (Å²) in [7, 11) is 4.03. The van der Waals surface area contributed by atoms with Gasteiger partial charge in [-0.05, 0) is 42.0 Å². The quantitative estimate of drug-likeness (QED) is 0.487. The summed E-state index contributed by atoms with van der Waals surface area (Å²) in [4.78, 5) is 13.9. The second-order valence-corrected chi connectivity index (χ2v) is 5.50. The number of nitrogens with one attached hydrogen (secondary N) is 1. The number of hydrazone groups is 1. The van der Waals surface area contributed by atoms with Gasteiger partial charge in [-0.2, -0.15) is 5.10 Å². The van der Waals surface area contributed by atoms with Crippen molar-refractivity contribution in [2.24, 2.45) is 5.10 Å². The van der Waals surface area contributed by atoms with Crippen LogP contribution in [0.4, 0.5) is 11.4 Å². The number of nitrogen functional groups attached to an aromatic ring is 1. The van der Waals surface area contributed by atoms with Gasteiger partial charge in [0, 0.05) is 43.7 Å². The summed E-state index contributed by atoms with van der Waals surface area (Å²) in [6, 6.07) is 15.0. The molecule has 0 spiro atoms. The Morgan fingerprint density at radius 1 is 1.12 bits per heavy atom. The first-order valence-electron chi connectivity index (χ1n) is 7.67. The van der Waals surface area contributed by atoms with E-state index in [1.807, 2.05) is 26.2 Å². The van der Waals surface area contributed by atoms with Gasteiger partial charge in [0.25, 0.3) is 5.91 Å². The van der Waals surface area contributed by atoms with Gasteiger partial charge in [0.1, 0.15) is 0 Å². The van der Waals surface area contributed by atoms with Gasteiger partial charge in [0.15, 0.2) is 0 Å². The number of nitrogens with zero attached hydrogens (tertiary/aromatic N) is 2. The fraction of sp³-hybridized carbons (Fsp3) is 0.158. The molecule has 5 heteroatoms. The minimum Gasteiger partial charge on any atom is -0.399 e.